The molecule has 150 valence electrons. The van der Waals surface area contributed by atoms with Crippen molar-refractivity contribution < 1.29 is 19.5 Å². The SMILES string of the molecule is CC1(C)c2sc(=O)[nH]c2S[C@@H]2[C@H]3C[C@@H]([C@H]4C(=O)N(CCCC(=O)O)C(=O)[C@H]34)[C@H]21. The van der Waals surface area contributed by atoms with Gasteiger partial charge in [0.05, 0.1) is 16.9 Å². The molecule has 6 atom stereocenters. The van der Waals surface area contributed by atoms with Gasteiger partial charge in [0.1, 0.15) is 0 Å². The molecule has 1 saturated heterocycles. The van der Waals surface area contributed by atoms with E-state index in [0.717, 1.165) is 16.3 Å². The summed E-state index contributed by atoms with van der Waals surface area (Å²) in [6.45, 7) is 4.52. The molecule has 28 heavy (non-hydrogen) atoms. The molecule has 0 spiro atoms. The van der Waals surface area contributed by atoms with E-state index < -0.39 is 5.97 Å². The minimum Gasteiger partial charge on any atom is -0.481 e. The molecule has 4 aliphatic rings. The van der Waals surface area contributed by atoms with Crippen molar-refractivity contribution >= 4 is 40.9 Å². The van der Waals surface area contributed by atoms with Crippen LogP contribution in [0.5, 0.6) is 0 Å². The number of aromatic nitrogens is 1. The summed E-state index contributed by atoms with van der Waals surface area (Å²) in [6, 6.07) is 0. The highest BCUT2D eigenvalue weighted by Gasteiger charge is 2.70. The van der Waals surface area contributed by atoms with Crippen LogP contribution in [-0.4, -0.2) is 44.6 Å². The summed E-state index contributed by atoms with van der Waals surface area (Å²) >= 11 is 2.95. The molecule has 2 bridgehead atoms. The molecule has 0 unspecified atom stereocenters. The van der Waals surface area contributed by atoms with Crippen LogP contribution in [0.2, 0.25) is 0 Å². The Hall–Kier alpha value is -1.61. The van der Waals surface area contributed by atoms with Gasteiger partial charge in [0.25, 0.3) is 0 Å². The van der Waals surface area contributed by atoms with Gasteiger partial charge in [0.2, 0.25) is 11.8 Å². The molecule has 7 nitrogen and oxygen atoms in total. The van der Waals surface area contributed by atoms with Gasteiger partial charge in [-0.2, -0.15) is 0 Å². The van der Waals surface area contributed by atoms with Gasteiger partial charge in [-0.15, -0.1) is 11.8 Å². The number of nitrogens with zero attached hydrogens (tertiary/aromatic N) is 1. The van der Waals surface area contributed by atoms with Gasteiger partial charge in [-0.1, -0.05) is 25.2 Å². The van der Waals surface area contributed by atoms with Crippen molar-refractivity contribution in [2.45, 2.75) is 48.8 Å². The Morgan fingerprint density at radius 1 is 1.21 bits per heavy atom. The van der Waals surface area contributed by atoms with Gasteiger partial charge in [-0.25, -0.2) is 0 Å². The van der Waals surface area contributed by atoms with E-state index in [9.17, 15) is 19.2 Å². The molecular weight excluding hydrogens is 400 g/mol. The fraction of sp³-hybridized carbons (Fsp3) is 0.684. The number of carbonyl (C=O) groups excluding carboxylic acids is 2. The third-order valence-corrected chi connectivity index (χ3v) is 10.1. The standard InChI is InChI=1S/C19H22N2O5S2/c1-19(2)12-7-6-8(13(12)27-15-14(19)28-18(26)20-15)11-10(7)16(24)21(17(11)25)5-3-4-9(22)23/h7-8,10-13H,3-6H2,1-2H3,(H,20,26)(H,22,23)/t7-,8-,10+,11+,12+,13+/m0/s1. The Morgan fingerprint density at radius 3 is 2.57 bits per heavy atom. The molecule has 0 radical (unpaired) electrons. The molecule has 3 heterocycles. The maximum atomic E-state index is 13.1. The van der Waals surface area contributed by atoms with Crippen LogP contribution in [0, 0.1) is 29.6 Å². The van der Waals surface area contributed by atoms with Crippen molar-refractivity contribution in [3.8, 4) is 0 Å². The lowest BCUT2D eigenvalue weighted by molar-refractivity contribution is -0.142. The van der Waals surface area contributed by atoms with E-state index in [-0.39, 0.29) is 69.9 Å². The quantitative estimate of drug-likeness (QED) is 0.718. The molecule has 2 amide bonds. The van der Waals surface area contributed by atoms with Crippen molar-refractivity contribution in [1.82, 2.24) is 9.88 Å². The predicted octanol–water partition coefficient (Wildman–Crippen LogP) is 1.92. The minimum atomic E-state index is -0.913. The van der Waals surface area contributed by atoms with E-state index in [2.05, 4.69) is 18.8 Å². The first-order chi connectivity index (χ1) is 13.2. The average molecular weight is 423 g/mol. The highest BCUT2D eigenvalue weighted by Crippen LogP contribution is 2.68. The van der Waals surface area contributed by atoms with Gasteiger partial charge >= 0.3 is 10.8 Å². The number of fused-ring (bicyclic) bond motifs is 9. The topological polar surface area (TPSA) is 108 Å². The van der Waals surface area contributed by atoms with Crippen LogP contribution in [0.25, 0.3) is 0 Å². The highest BCUT2D eigenvalue weighted by molar-refractivity contribution is 8.00. The van der Waals surface area contributed by atoms with Crippen LogP contribution in [0.15, 0.2) is 9.82 Å². The Morgan fingerprint density at radius 2 is 1.89 bits per heavy atom. The van der Waals surface area contributed by atoms with Crippen LogP contribution in [-0.2, 0) is 19.8 Å². The maximum Gasteiger partial charge on any atom is 0.305 e. The lowest BCUT2D eigenvalue weighted by Gasteiger charge is -2.47. The predicted molar refractivity (Wildman–Crippen MR) is 103 cm³/mol. The van der Waals surface area contributed by atoms with E-state index in [1.54, 1.807) is 11.8 Å². The van der Waals surface area contributed by atoms with Crippen LogP contribution in [0.4, 0.5) is 0 Å². The monoisotopic (exact) mass is 422 g/mol. The summed E-state index contributed by atoms with van der Waals surface area (Å²) in [5.74, 6) is -1.15. The highest BCUT2D eigenvalue weighted by atomic mass is 32.2. The third-order valence-electron chi connectivity index (χ3n) is 7.25. The first-order valence-electron chi connectivity index (χ1n) is 9.69. The number of likely N-dealkylation sites (tertiary alicyclic amines) is 1. The molecular formula is C19H22N2O5S2. The number of carboxylic acids is 1. The number of rotatable bonds is 4. The van der Waals surface area contributed by atoms with Gasteiger partial charge in [0.15, 0.2) is 0 Å². The number of nitrogens with one attached hydrogen (secondary N) is 1. The molecule has 9 heteroatoms. The molecule has 2 N–H and O–H groups in total. The summed E-state index contributed by atoms with van der Waals surface area (Å²) in [7, 11) is 0. The van der Waals surface area contributed by atoms with Crippen LogP contribution >= 0.6 is 23.1 Å². The Bertz CT molecular complexity index is 950. The number of H-pyrrole nitrogens is 1. The zero-order valence-corrected chi connectivity index (χ0v) is 17.3. The fourth-order valence-corrected chi connectivity index (χ4v) is 9.48. The number of amides is 2. The second kappa shape index (κ2) is 5.95. The lowest BCUT2D eigenvalue weighted by Crippen LogP contribution is -2.48. The van der Waals surface area contributed by atoms with Crippen LogP contribution < -0.4 is 4.87 Å². The summed E-state index contributed by atoms with van der Waals surface area (Å²) in [6.07, 6.45) is 1.15. The van der Waals surface area contributed by atoms with E-state index in [4.69, 9.17) is 5.11 Å². The van der Waals surface area contributed by atoms with Crippen LogP contribution in [0.3, 0.4) is 0 Å². The van der Waals surface area contributed by atoms with Crippen molar-refractivity contribution in [3.05, 3.63) is 14.5 Å². The number of carbonyl (C=O) groups is 3. The first kappa shape index (κ1) is 18.4. The van der Waals surface area contributed by atoms with Crippen molar-refractivity contribution in [2.24, 2.45) is 29.6 Å². The fourth-order valence-electron chi connectivity index (χ4n) is 6.32. The van der Waals surface area contributed by atoms with Gasteiger partial charge < -0.3 is 10.1 Å². The van der Waals surface area contributed by atoms with Gasteiger partial charge in [-0.3, -0.25) is 24.1 Å². The average Bonchev–Trinajstić information content (AvgIpc) is 3.32. The number of hydrogen-bond acceptors (Lipinski definition) is 6. The molecule has 2 aliphatic carbocycles. The second-order valence-electron chi connectivity index (χ2n) is 8.94. The smallest absolute Gasteiger partial charge is 0.305 e. The van der Waals surface area contributed by atoms with E-state index in [1.165, 1.54) is 16.2 Å². The van der Waals surface area contributed by atoms with E-state index in [0.29, 0.717) is 6.42 Å². The zero-order chi connectivity index (χ0) is 20.0. The number of hydrogen-bond donors (Lipinski definition) is 2. The molecule has 2 aliphatic heterocycles. The Kier molecular flexibility index (Phi) is 3.91. The second-order valence-corrected chi connectivity index (χ2v) is 11.1. The largest absolute Gasteiger partial charge is 0.481 e. The summed E-state index contributed by atoms with van der Waals surface area (Å²) < 4.78 is 0. The van der Waals surface area contributed by atoms with Gasteiger partial charge in [-0.05, 0) is 30.6 Å². The maximum absolute atomic E-state index is 13.1. The minimum absolute atomic E-state index is 0.0407. The third kappa shape index (κ3) is 2.29. The van der Waals surface area contributed by atoms with Crippen molar-refractivity contribution in [3.63, 3.8) is 0 Å². The lowest BCUT2D eigenvalue weighted by atomic mass is 9.64. The molecule has 3 fully saturated rings. The first-order valence-corrected chi connectivity index (χ1v) is 11.4. The number of imide groups is 1. The molecule has 0 aromatic carbocycles. The molecule has 5 rings (SSSR count). The number of thioether (sulfide) groups is 1. The number of aromatic amines is 1. The van der Waals surface area contributed by atoms with Crippen molar-refractivity contribution in [1.29, 1.82) is 0 Å². The summed E-state index contributed by atoms with van der Waals surface area (Å²) in [5.41, 5.74) is -0.209. The molecule has 1 aromatic heterocycles. The van der Waals surface area contributed by atoms with Gasteiger partial charge in [0, 0.05) is 28.5 Å². The normalized spacial score (nSPS) is 37.1. The number of carboxylic acid groups (broad SMARTS) is 1. The zero-order valence-electron chi connectivity index (χ0n) is 15.6. The van der Waals surface area contributed by atoms with Crippen molar-refractivity contribution in [2.75, 3.05) is 6.54 Å². The Balaban J connectivity index is 1.46. The number of thiazole rings is 1. The molecule has 2 saturated carbocycles. The number of aliphatic carboxylic acids is 1. The van der Waals surface area contributed by atoms with E-state index >= 15 is 0 Å². The van der Waals surface area contributed by atoms with E-state index in [1.807, 2.05) is 0 Å². The Labute approximate surface area is 169 Å². The van der Waals surface area contributed by atoms with Crippen LogP contribution in [0.1, 0.15) is 38.0 Å². The summed E-state index contributed by atoms with van der Waals surface area (Å²) in [5, 5.41) is 10.0. The molecule has 1 aromatic rings. The summed E-state index contributed by atoms with van der Waals surface area (Å²) in [4.78, 5) is 54.2.